The molecule has 0 radical (unpaired) electrons. The molecule has 26 heavy (non-hydrogen) atoms. The Bertz CT molecular complexity index is 1110. The molecule has 0 spiro atoms. The largest absolute Gasteiger partial charge is 0.378 e. The summed E-state index contributed by atoms with van der Waals surface area (Å²) in [6.45, 7) is 0. The summed E-state index contributed by atoms with van der Waals surface area (Å²) < 4.78 is 2.19. The van der Waals surface area contributed by atoms with Gasteiger partial charge in [0.25, 0.3) is 0 Å². The first-order chi connectivity index (χ1) is 12.6. The van der Waals surface area contributed by atoms with Gasteiger partial charge in [0.1, 0.15) is 7.05 Å². The molecule has 1 heterocycles. The monoisotopic (exact) mass is 340 g/mol. The van der Waals surface area contributed by atoms with Gasteiger partial charge in [0, 0.05) is 31.9 Å². The Morgan fingerprint density at radius 1 is 0.808 bits per heavy atom. The van der Waals surface area contributed by atoms with Crippen LogP contribution < -0.4 is 9.47 Å². The quantitative estimate of drug-likeness (QED) is 0.302. The maximum atomic E-state index is 4.64. The van der Waals surface area contributed by atoms with E-state index in [1.54, 1.807) is 0 Å². The van der Waals surface area contributed by atoms with Gasteiger partial charge in [-0.05, 0) is 47.2 Å². The summed E-state index contributed by atoms with van der Waals surface area (Å²) in [7, 11) is 6.17. The number of aliphatic imine (C=N–C) groups is 1. The summed E-state index contributed by atoms with van der Waals surface area (Å²) in [5.74, 6) is 0. The molecule has 3 nitrogen and oxygen atoms in total. The van der Waals surface area contributed by atoms with E-state index in [0.717, 1.165) is 11.4 Å². The van der Waals surface area contributed by atoms with E-state index < -0.39 is 0 Å². The third-order valence-electron chi connectivity index (χ3n) is 4.83. The van der Waals surface area contributed by atoms with Crippen molar-refractivity contribution in [3.05, 3.63) is 78.5 Å². The first kappa shape index (κ1) is 16.3. The Hall–Kier alpha value is -3.20. The van der Waals surface area contributed by atoms with Crippen molar-refractivity contribution in [1.29, 1.82) is 0 Å². The molecule has 0 N–H and O–H groups in total. The molecule has 128 valence electrons. The number of pyridine rings is 1. The fourth-order valence-corrected chi connectivity index (χ4v) is 3.28. The molecule has 0 aliphatic rings. The molecule has 0 saturated carbocycles. The minimum Gasteiger partial charge on any atom is -0.378 e. The lowest BCUT2D eigenvalue weighted by molar-refractivity contribution is -0.645. The standard InChI is InChI=1S/C23H22N3/c1-25(2)19-11-9-18(10-12-19)24-16-20-13-14-22-21-7-5-4-6-17(21)8-15-23(22)26(20)3/h4-16H,1-3H3/q+1. The number of benzene rings is 3. The number of aromatic nitrogens is 1. The van der Waals surface area contributed by atoms with Gasteiger partial charge >= 0.3 is 0 Å². The molecule has 3 aromatic carbocycles. The van der Waals surface area contributed by atoms with Gasteiger partial charge in [0.15, 0.2) is 0 Å². The van der Waals surface area contributed by atoms with Gasteiger partial charge in [-0.1, -0.05) is 24.3 Å². The van der Waals surface area contributed by atoms with Crippen molar-refractivity contribution in [3.8, 4) is 0 Å². The lowest BCUT2D eigenvalue weighted by Crippen LogP contribution is -2.34. The number of hydrogen-bond donors (Lipinski definition) is 0. The molecule has 0 fully saturated rings. The second-order valence-corrected chi connectivity index (χ2v) is 6.71. The van der Waals surface area contributed by atoms with Gasteiger partial charge in [-0.2, -0.15) is 4.57 Å². The van der Waals surface area contributed by atoms with Crippen molar-refractivity contribution in [1.82, 2.24) is 0 Å². The molecule has 0 bridgehead atoms. The van der Waals surface area contributed by atoms with E-state index in [0.29, 0.717) is 0 Å². The Morgan fingerprint density at radius 2 is 1.58 bits per heavy atom. The predicted octanol–water partition coefficient (Wildman–Crippen LogP) is 4.63. The molecule has 4 rings (SSSR count). The van der Waals surface area contributed by atoms with Crippen LogP contribution >= 0.6 is 0 Å². The first-order valence-electron chi connectivity index (χ1n) is 8.75. The van der Waals surface area contributed by atoms with Gasteiger partial charge in [-0.25, -0.2) is 4.99 Å². The van der Waals surface area contributed by atoms with Crippen LogP contribution in [0.25, 0.3) is 21.7 Å². The summed E-state index contributed by atoms with van der Waals surface area (Å²) in [5, 5.41) is 3.81. The topological polar surface area (TPSA) is 19.5 Å². The van der Waals surface area contributed by atoms with Crippen LogP contribution in [0.4, 0.5) is 11.4 Å². The van der Waals surface area contributed by atoms with E-state index in [1.807, 2.05) is 32.4 Å². The molecule has 1 aromatic heterocycles. The van der Waals surface area contributed by atoms with E-state index in [2.05, 4.69) is 82.2 Å². The smallest absolute Gasteiger partial charge is 0.223 e. The van der Waals surface area contributed by atoms with Gasteiger partial charge in [-0.15, -0.1) is 0 Å². The van der Waals surface area contributed by atoms with Crippen LogP contribution in [0, 0.1) is 0 Å². The highest BCUT2D eigenvalue weighted by atomic mass is 15.1. The summed E-state index contributed by atoms with van der Waals surface area (Å²) in [6, 6.07) is 25.4. The zero-order valence-electron chi connectivity index (χ0n) is 15.3. The maximum Gasteiger partial charge on any atom is 0.223 e. The molecule has 0 unspecified atom stereocenters. The molecule has 0 aliphatic carbocycles. The highest BCUT2D eigenvalue weighted by Gasteiger charge is 2.12. The van der Waals surface area contributed by atoms with Crippen molar-refractivity contribution in [2.24, 2.45) is 12.0 Å². The predicted molar refractivity (Wildman–Crippen MR) is 111 cm³/mol. The fraction of sp³-hybridized carbons (Fsp3) is 0.130. The van der Waals surface area contributed by atoms with Crippen LogP contribution in [0.3, 0.4) is 0 Å². The Balaban J connectivity index is 1.73. The summed E-state index contributed by atoms with van der Waals surface area (Å²) in [6.07, 6.45) is 1.93. The number of nitrogens with zero attached hydrogens (tertiary/aromatic N) is 3. The zero-order chi connectivity index (χ0) is 18.1. The maximum absolute atomic E-state index is 4.64. The van der Waals surface area contributed by atoms with Crippen molar-refractivity contribution in [2.45, 2.75) is 0 Å². The highest BCUT2D eigenvalue weighted by Crippen LogP contribution is 2.23. The van der Waals surface area contributed by atoms with E-state index >= 15 is 0 Å². The number of hydrogen-bond acceptors (Lipinski definition) is 2. The number of anilines is 1. The zero-order valence-corrected chi connectivity index (χ0v) is 15.3. The average molecular weight is 340 g/mol. The molecule has 0 aliphatic heterocycles. The molecule has 0 amide bonds. The fourth-order valence-electron chi connectivity index (χ4n) is 3.28. The Kier molecular flexibility index (Phi) is 4.13. The minimum atomic E-state index is 0.953. The highest BCUT2D eigenvalue weighted by molar-refractivity contribution is 6.05. The summed E-state index contributed by atoms with van der Waals surface area (Å²) >= 11 is 0. The van der Waals surface area contributed by atoms with Gasteiger partial charge < -0.3 is 4.90 Å². The van der Waals surface area contributed by atoms with Crippen molar-refractivity contribution >= 4 is 39.3 Å². The van der Waals surface area contributed by atoms with Gasteiger partial charge in [0.05, 0.1) is 17.3 Å². The molecule has 0 saturated heterocycles. The molecular formula is C23H22N3+. The second-order valence-electron chi connectivity index (χ2n) is 6.71. The lowest BCUT2D eigenvalue weighted by atomic mass is 10.0. The Labute approximate surface area is 153 Å². The SMILES string of the molecule is CN(C)c1ccc(N=Cc2ccc3c4ccccc4ccc3[n+]2C)cc1. The van der Waals surface area contributed by atoms with Crippen LogP contribution in [-0.4, -0.2) is 20.3 Å². The van der Waals surface area contributed by atoms with Crippen LogP contribution in [0.1, 0.15) is 5.69 Å². The lowest BCUT2D eigenvalue weighted by Gasteiger charge is -2.11. The van der Waals surface area contributed by atoms with E-state index in [-0.39, 0.29) is 0 Å². The average Bonchev–Trinajstić information content (AvgIpc) is 2.67. The van der Waals surface area contributed by atoms with Gasteiger partial charge in [0.2, 0.25) is 11.2 Å². The summed E-state index contributed by atoms with van der Waals surface area (Å²) in [5.41, 5.74) is 4.40. The van der Waals surface area contributed by atoms with E-state index in [9.17, 15) is 0 Å². The van der Waals surface area contributed by atoms with Crippen molar-refractivity contribution in [2.75, 3.05) is 19.0 Å². The molecule has 0 atom stereocenters. The van der Waals surface area contributed by atoms with Crippen molar-refractivity contribution in [3.63, 3.8) is 0 Å². The molecular weight excluding hydrogens is 318 g/mol. The molecule has 4 aromatic rings. The van der Waals surface area contributed by atoms with E-state index in [4.69, 9.17) is 0 Å². The normalized spacial score (nSPS) is 11.5. The number of fused-ring (bicyclic) bond motifs is 3. The second kappa shape index (κ2) is 6.60. The first-order valence-corrected chi connectivity index (χ1v) is 8.75. The third-order valence-corrected chi connectivity index (χ3v) is 4.83. The minimum absolute atomic E-state index is 0.953. The Morgan fingerprint density at radius 3 is 2.35 bits per heavy atom. The van der Waals surface area contributed by atoms with Gasteiger partial charge in [-0.3, -0.25) is 0 Å². The van der Waals surface area contributed by atoms with Crippen LogP contribution in [-0.2, 0) is 7.05 Å². The van der Waals surface area contributed by atoms with E-state index in [1.165, 1.54) is 27.4 Å². The number of rotatable bonds is 3. The number of aryl methyl sites for hydroxylation is 1. The van der Waals surface area contributed by atoms with Crippen molar-refractivity contribution < 1.29 is 4.57 Å². The van der Waals surface area contributed by atoms with Crippen LogP contribution in [0.5, 0.6) is 0 Å². The summed E-state index contributed by atoms with van der Waals surface area (Å²) in [4.78, 5) is 6.73. The third kappa shape index (κ3) is 2.92. The van der Waals surface area contributed by atoms with Crippen LogP contribution in [0.15, 0.2) is 77.8 Å². The van der Waals surface area contributed by atoms with Crippen LogP contribution in [0.2, 0.25) is 0 Å². The molecule has 3 heteroatoms.